The summed E-state index contributed by atoms with van der Waals surface area (Å²) in [4.78, 5) is 13.8. The van der Waals surface area contributed by atoms with Crippen molar-refractivity contribution in [1.82, 2.24) is 4.90 Å². The van der Waals surface area contributed by atoms with Gasteiger partial charge in [0, 0.05) is 12.1 Å². The molecule has 1 aromatic rings. The molecular weight excluding hydrogens is 246 g/mol. The predicted octanol–water partition coefficient (Wildman–Crippen LogP) is 3.07. The third-order valence-corrected chi connectivity index (χ3v) is 4.16. The van der Waals surface area contributed by atoms with E-state index in [0.717, 1.165) is 24.3 Å². The minimum Gasteiger partial charge on any atom is -0.493 e. The lowest BCUT2D eigenvalue weighted by Gasteiger charge is -2.25. The second-order valence-electron chi connectivity index (χ2n) is 4.22. The number of hydrogen-bond acceptors (Lipinski definition) is 3. The molecule has 1 heterocycles. The lowest BCUT2D eigenvalue weighted by atomic mass is 10.1. The summed E-state index contributed by atoms with van der Waals surface area (Å²) in [5.74, 6) is 1.71. The average Bonchev–Trinajstić information content (AvgIpc) is 2.73. The molecule has 1 aliphatic heterocycles. The van der Waals surface area contributed by atoms with E-state index in [9.17, 15) is 4.79 Å². The van der Waals surface area contributed by atoms with Crippen LogP contribution in [0, 0.1) is 0 Å². The quantitative estimate of drug-likeness (QED) is 0.819. The molecule has 1 amide bonds. The van der Waals surface area contributed by atoms with Crippen LogP contribution in [0.1, 0.15) is 31.2 Å². The van der Waals surface area contributed by atoms with Crippen LogP contribution < -0.4 is 4.74 Å². The Labute approximate surface area is 113 Å². The van der Waals surface area contributed by atoms with Crippen molar-refractivity contribution in [2.24, 2.45) is 0 Å². The predicted molar refractivity (Wildman–Crippen MR) is 74.8 cm³/mol. The molecule has 1 aromatic carbocycles. The molecule has 4 heteroatoms. The maximum atomic E-state index is 11.9. The number of benzene rings is 1. The Balaban J connectivity index is 2.27. The van der Waals surface area contributed by atoms with E-state index in [1.807, 2.05) is 30.0 Å². The average molecular weight is 265 g/mol. The van der Waals surface area contributed by atoms with Crippen molar-refractivity contribution in [2.75, 3.05) is 18.9 Å². The van der Waals surface area contributed by atoms with Crippen molar-refractivity contribution in [3.63, 3.8) is 0 Å². The molecule has 98 valence electrons. The van der Waals surface area contributed by atoms with Gasteiger partial charge in [0.2, 0.25) is 5.91 Å². The highest BCUT2D eigenvalue weighted by Gasteiger charge is 2.33. The lowest BCUT2D eigenvalue weighted by molar-refractivity contribution is -0.128. The van der Waals surface area contributed by atoms with E-state index in [1.54, 1.807) is 11.8 Å². The summed E-state index contributed by atoms with van der Waals surface area (Å²) in [7, 11) is 0. The first kappa shape index (κ1) is 13.3. The van der Waals surface area contributed by atoms with E-state index in [4.69, 9.17) is 4.74 Å². The smallest absolute Gasteiger partial charge is 0.233 e. The Bertz CT molecular complexity index is 422. The second kappa shape index (κ2) is 6.14. The number of ether oxygens (including phenoxy) is 1. The van der Waals surface area contributed by atoms with Gasteiger partial charge in [0.05, 0.1) is 12.4 Å². The maximum absolute atomic E-state index is 11.9. The van der Waals surface area contributed by atoms with Crippen molar-refractivity contribution in [2.45, 2.75) is 25.6 Å². The van der Waals surface area contributed by atoms with Gasteiger partial charge in [-0.3, -0.25) is 4.79 Å². The molecular formula is C14H19NO2S. The number of carbonyl (C=O) groups excluding carboxylic acids is 1. The van der Waals surface area contributed by atoms with Crippen LogP contribution in [0.2, 0.25) is 0 Å². The number of para-hydroxylation sites is 1. The van der Waals surface area contributed by atoms with Crippen molar-refractivity contribution >= 4 is 17.7 Å². The summed E-state index contributed by atoms with van der Waals surface area (Å²) >= 11 is 1.69. The Morgan fingerprint density at radius 1 is 1.39 bits per heavy atom. The normalized spacial score (nSPS) is 19.3. The molecule has 3 nitrogen and oxygen atoms in total. The van der Waals surface area contributed by atoms with E-state index >= 15 is 0 Å². The standard InChI is InChI=1S/C14H19NO2S/c1-3-9-15-13(16)10-18-14(15)11-7-5-6-8-12(11)17-4-2/h5-8,14H,3-4,9-10H2,1-2H3. The summed E-state index contributed by atoms with van der Waals surface area (Å²) in [5, 5.41) is 0.111. The largest absolute Gasteiger partial charge is 0.493 e. The molecule has 1 aliphatic rings. The van der Waals surface area contributed by atoms with E-state index in [-0.39, 0.29) is 11.3 Å². The van der Waals surface area contributed by atoms with Crippen LogP contribution in [0.15, 0.2) is 24.3 Å². The fraction of sp³-hybridized carbons (Fsp3) is 0.500. The summed E-state index contributed by atoms with van der Waals surface area (Å²) in [5.41, 5.74) is 1.11. The lowest BCUT2D eigenvalue weighted by Crippen LogP contribution is -2.29. The molecule has 0 radical (unpaired) electrons. The Morgan fingerprint density at radius 2 is 2.17 bits per heavy atom. The zero-order chi connectivity index (χ0) is 13.0. The van der Waals surface area contributed by atoms with Crippen LogP contribution in [0.25, 0.3) is 0 Å². The zero-order valence-electron chi connectivity index (χ0n) is 10.9. The summed E-state index contributed by atoms with van der Waals surface area (Å²) in [6.07, 6.45) is 0.986. The number of nitrogens with zero attached hydrogens (tertiary/aromatic N) is 1. The van der Waals surface area contributed by atoms with Crippen LogP contribution in [-0.2, 0) is 4.79 Å². The molecule has 1 fully saturated rings. The summed E-state index contributed by atoms with van der Waals surface area (Å²) < 4.78 is 5.66. The number of thioether (sulfide) groups is 1. The van der Waals surface area contributed by atoms with Crippen molar-refractivity contribution < 1.29 is 9.53 Å². The highest BCUT2D eigenvalue weighted by Crippen LogP contribution is 2.42. The van der Waals surface area contributed by atoms with Gasteiger partial charge in [-0.1, -0.05) is 25.1 Å². The summed E-state index contributed by atoms with van der Waals surface area (Å²) in [6, 6.07) is 8.02. The first-order chi connectivity index (χ1) is 8.77. The Kier molecular flexibility index (Phi) is 4.53. The molecule has 1 unspecified atom stereocenters. The monoisotopic (exact) mass is 265 g/mol. The molecule has 2 rings (SSSR count). The van der Waals surface area contributed by atoms with E-state index in [1.165, 1.54) is 0 Å². The Hall–Kier alpha value is -1.16. The van der Waals surface area contributed by atoms with Gasteiger partial charge in [-0.2, -0.15) is 0 Å². The van der Waals surface area contributed by atoms with Gasteiger partial charge in [-0.15, -0.1) is 11.8 Å². The highest BCUT2D eigenvalue weighted by molar-refractivity contribution is 8.00. The molecule has 0 spiro atoms. The molecule has 18 heavy (non-hydrogen) atoms. The fourth-order valence-electron chi connectivity index (χ4n) is 2.17. The highest BCUT2D eigenvalue weighted by atomic mass is 32.2. The van der Waals surface area contributed by atoms with Crippen molar-refractivity contribution in [3.05, 3.63) is 29.8 Å². The third kappa shape index (κ3) is 2.64. The molecule has 0 bridgehead atoms. The van der Waals surface area contributed by atoms with Gasteiger partial charge in [0.1, 0.15) is 11.1 Å². The number of carbonyl (C=O) groups is 1. The molecule has 0 aliphatic carbocycles. The molecule has 0 N–H and O–H groups in total. The number of hydrogen-bond donors (Lipinski definition) is 0. The van der Waals surface area contributed by atoms with Crippen molar-refractivity contribution in [3.8, 4) is 5.75 Å². The third-order valence-electron chi connectivity index (χ3n) is 2.92. The molecule has 0 saturated carbocycles. The fourth-order valence-corrected chi connectivity index (χ4v) is 3.41. The van der Waals surface area contributed by atoms with E-state index in [2.05, 4.69) is 13.0 Å². The zero-order valence-corrected chi connectivity index (χ0v) is 11.7. The van der Waals surface area contributed by atoms with Gasteiger partial charge < -0.3 is 9.64 Å². The minimum atomic E-state index is 0.111. The van der Waals surface area contributed by atoms with Gasteiger partial charge in [-0.05, 0) is 19.4 Å². The SMILES string of the molecule is CCCN1C(=O)CSC1c1ccccc1OCC. The minimum absolute atomic E-state index is 0.111. The van der Waals surface area contributed by atoms with Crippen LogP contribution in [0.4, 0.5) is 0 Å². The topological polar surface area (TPSA) is 29.5 Å². The number of amides is 1. The Morgan fingerprint density at radius 3 is 2.89 bits per heavy atom. The maximum Gasteiger partial charge on any atom is 0.233 e. The number of rotatable bonds is 5. The van der Waals surface area contributed by atoms with Gasteiger partial charge in [0.25, 0.3) is 0 Å². The van der Waals surface area contributed by atoms with Gasteiger partial charge in [0.15, 0.2) is 0 Å². The van der Waals surface area contributed by atoms with Crippen LogP contribution in [0.5, 0.6) is 5.75 Å². The second-order valence-corrected chi connectivity index (χ2v) is 5.29. The van der Waals surface area contributed by atoms with Gasteiger partial charge in [-0.25, -0.2) is 0 Å². The van der Waals surface area contributed by atoms with Crippen LogP contribution in [0.3, 0.4) is 0 Å². The van der Waals surface area contributed by atoms with Gasteiger partial charge >= 0.3 is 0 Å². The van der Waals surface area contributed by atoms with Crippen molar-refractivity contribution in [1.29, 1.82) is 0 Å². The molecule has 1 saturated heterocycles. The summed E-state index contributed by atoms with van der Waals surface area (Å²) in [6.45, 7) is 5.54. The molecule has 0 aromatic heterocycles. The van der Waals surface area contributed by atoms with E-state index < -0.39 is 0 Å². The van der Waals surface area contributed by atoms with E-state index in [0.29, 0.717) is 12.4 Å². The molecule has 1 atom stereocenters. The first-order valence-corrected chi connectivity index (χ1v) is 7.45. The van der Waals surface area contributed by atoms with Crippen LogP contribution >= 0.6 is 11.8 Å². The first-order valence-electron chi connectivity index (χ1n) is 6.40. The van der Waals surface area contributed by atoms with Crippen LogP contribution in [-0.4, -0.2) is 29.7 Å².